The summed E-state index contributed by atoms with van der Waals surface area (Å²) >= 11 is 0. The molecule has 1 saturated heterocycles. The van der Waals surface area contributed by atoms with E-state index in [0.717, 1.165) is 48.7 Å². The topological polar surface area (TPSA) is 107 Å². The molecular formula is C24H28N6O2. The van der Waals surface area contributed by atoms with Gasteiger partial charge in [0.05, 0.1) is 11.4 Å². The molecule has 4 N–H and O–H groups in total. The number of carbonyl (C=O) groups is 2. The molecule has 0 bridgehead atoms. The van der Waals surface area contributed by atoms with Crippen molar-refractivity contribution in [2.24, 2.45) is 5.73 Å². The fraction of sp³-hybridized carbons (Fsp3) is 0.292. The molecule has 8 nitrogen and oxygen atoms in total. The number of primary amides is 1. The summed E-state index contributed by atoms with van der Waals surface area (Å²) in [5.41, 5.74) is 10.4. The maximum Gasteiger partial charge on any atom is 0.251 e. The summed E-state index contributed by atoms with van der Waals surface area (Å²) in [6.45, 7) is 5.77. The van der Waals surface area contributed by atoms with Crippen LogP contribution in [0.5, 0.6) is 0 Å². The number of likely N-dealkylation sites (N-methyl/N-ethyl adjacent to an activating group) is 1. The highest BCUT2D eigenvalue weighted by Gasteiger charge is 2.16. The molecule has 4 rings (SSSR count). The highest BCUT2D eigenvalue weighted by atomic mass is 16.2. The smallest absolute Gasteiger partial charge is 0.251 e. The Morgan fingerprint density at radius 2 is 1.75 bits per heavy atom. The molecule has 166 valence electrons. The molecular weight excluding hydrogens is 404 g/mol. The third-order valence-corrected chi connectivity index (χ3v) is 5.82. The molecule has 1 atom stereocenters. The van der Waals surface area contributed by atoms with E-state index in [1.165, 1.54) is 5.69 Å². The highest BCUT2D eigenvalue weighted by Crippen LogP contribution is 2.26. The second kappa shape index (κ2) is 9.23. The number of piperazine rings is 1. The number of hydrogen-bond donors (Lipinski definition) is 3. The zero-order valence-corrected chi connectivity index (χ0v) is 18.3. The van der Waals surface area contributed by atoms with Crippen molar-refractivity contribution in [2.45, 2.75) is 13.0 Å². The molecule has 1 fully saturated rings. The van der Waals surface area contributed by atoms with Crippen LogP contribution in [0.25, 0.3) is 22.5 Å². The molecule has 3 aromatic rings. The van der Waals surface area contributed by atoms with E-state index in [0.29, 0.717) is 5.56 Å². The molecule has 0 saturated carbocycles. The molecule has 1 aromatic heterocycles. The summed E-state index contributed by atoms with van der Waals surface area (Å²) in [5, 5.41) is 10.1. The van der Waals surface area contributed by atoms with Crippen molar-refractivity contribution in [3.63, 3.8) is 0 Å². The molecule has 2 heterocycles. The van der Waals surface area contributed by atoms with Gasteiger partial charge in [-0.25, -0.2) is 0 Å². The molecule has 2 aromatic carbocycles. The number of nitrogens with one attached hydrogen (secondary N) is 2. The van der Waals surface area contributed by atoms with Crippen LogP contribution in [-0.4, -0.2) is 66.2 Å². The van der Waals surface area contributed by atoms with Crippen LogP contribution in [0.2, 0.25) is 0 Å². The number of rotatable bonds is 6. The number of nitrogens with two attached hydrogens (primary N) is 1. The van der Waals surface area contributed by atoms with Crippen LogP contribution >= 0.6 is 0 Å². The van der Waals surface area contributed by atoms with Gasteiger partial charge >= 0.3 is 0 Å². The van der Waals surface area contributed by atoms with Gasteiger partial charge in [0.1, 0.15) is 6.04 Å². The lowest BCUT2D eigenvalue weighted by atomic mass is 10.1. The second-order valence-electron chi connectivity index (χ2n) is 8.18. The maximum atomic E-state index is 12.4. The molecule has 2 amide bonds. The fourth-order valence-electron chi connectivity index (χ4n) is 3.70. The Morgan fingerprint density at radius 3 is 2.44 bits per heavy atom. The van der Waals surface area contributed by atoms with Crippen LogP contribution in [0, 0.1) is 0 Å². The lowest BCUT2D eigenvalue weighted by Crippen LogP contribution is -2.44. The number of H-pyrrole nitrogens is 1. The average Bonchev–Trinajstić information content (AvgIpc) is 3.30. The SMILES string of the molecule is CC(NC(=O)c1cccc(-c2cc(-c3ccc(N4CCN(C)CC4)cc3)[nH]n2)c1)C(N)=O. The van der Waals surface area contributed by atoms with Crippen LogP contribution in [0.3, 0.4) is 0 Å². The van der Waals surface area contributed by atoms with E-state index in [4.69, 9.17) is 5.73 Å². The van der Waals surface area contributed by atoms with E-state index in [9.17, 15) is 9.59 Å². The third-order valence-electron chi connectivity index (χ3n) is 5.82. The van der Waals surface area contributed by atoms with Crippen molar-refractivity contribution < 1.29 is 9.59 Å². The van der Waals surface area contributed by atoms with Gasteiger partial charge in [-0.15, -0.1) is 0 Å². The lowest BCUT2D eigenvalue weighted by molar-refractivity contribution is -0.119. The Balaban J connectivity index is 1.48. The predicted octanol–water partition coefficient (Wildman–Crippen LogP) is 2.10. The fourth-order valence-corrected chi connectivity index (χ4v) is 3.70. The van der Waals surface area contributed by atoms with Crippen molar-refractivity contribution in [2.75, 3.05) is 38.1 Å². The molecule has 1 aliphatic rings. The molecule has 0 radical (unpaired) electrons. The van der Waals surface area contributed by atoms with Gasteiger partial charge in [0.2, 0.25) is 5.91 Å². The summed E-state index contributed by atoms with van der Waals surface area (Å²) < 4.78 is 0. The molecule has 1 unspecified atom stereocenters. The Labute approximate surface area is 187 Å². The molecule has 0 spiro atoms. The van der Waals surface area contributed by atoms with Crippen molar-refractivity contribution in [1.82, 2.24) is 20.4 Å². The molecule has 0 aliphatic carbocycles. The van der Waals surface area contributed by atoms with Crippen molar-refractivity contribution in [1.29, 1.82) is 0 Å². The number of amides is 2. The highest BCUT2D eigenvalue weighted by molar-refractivity contribution is 5.98. The number of hydrogen-bond acceptors (Lipinski definition) is 5. The Hall–Kier alpha value is -3.65. The largest absolute Gasteiger partial charge is 0.369 e. The van der Waals surface area contributed by atoms with E-state index >= 15 is 0 Å². The Morgan fingerprint density at radius 1 is 1.03 bits per heavy atom. The average molecular weight is 433 g/mol. The van der Waals surface area contributed by atoms with Crippen molar-refractivity contribution >= 4 is 17.5 Å². The summed E-state index contributed by atoms with van der Waals surface area (Å²) in [5.74, 6) is -0.932. The van der Waals surface area contributed by atoms with E-state index in [1.807, 2.05) is 12.1 Å². The number of anilines is 1. The van der Waals surface area contributed by atoms with Crippen LogP contribution in [0.4, 0.5) is 5.69 Å². The van der Waals surface area contributed by atoms with Crippen LogP contribution in [0.15, 0.2) is 54.6 Å². The maximum absolute atomic E-state index is 12.4. The first-order valence-electron chi connectivity index (χ1n) is 10.7. The Kier molecular flexibility index (Phi) is 6.23. The quantitative estimate of drug-likeness (QED) is 0.553. The summed E-state index contributed by atoms with van der Waals surface area (Å²) in [6.07, 6.45) is 0. The Bertz CT molecular complexity index is 1100. The predicted molar refractivity (Wildman–Crippen MR) is 125 cm³/mol. The van der Waals surface area contributed by atoms with Gasteiger partial charge in [-0.3, -0.25) is 14.7 Å². The number of aromatic nitrogens is 2. The summed E-state index contributed by atoms with van der Waals surface area (Å²) in [4.78, 5) is 28.3. The van der Waals surface area contributed by atoms with Gasteiger partial charge in [0.25, 0.3) is 5.91 Å². The van der Waals surface area contributed by atoms with E-state index in [-0.39, 0.29) is 5.91 Å². The zero-order valence-electron chi connectivity index (χ0n) is 18.3. The van der Waals surface area contributed by atoms with Gasteiger partial charge in [0.15, 0.2) is 0 Å². The number of aromatic amines is 1. The van der Waals surface area contributed by atoms with Crippen molar-refractivity contribution in [3.05, 3.63) is 60.2 Å². The van der Waals surface area contributed by atoms with E-state index in [1.54, 1.807) is 25.1 Å². The normalized spacial score (nSPS) is 15.4. The molecule has 32 heavy (non-hydrogen) atoms. The first kappa shape index (κ1) is 21.6. The van der Waals surface area contributed by atoms with Gasteiger partial charge in [-0.05, 0) is 49.9 Å². The lowest BCUT2D eigenvalue weighted by Gasteiger charge is -2.34. The molecule has 8 heteroatoms. The van der Waals surface area contributed by atoms with Crippen LogP contribution in [-0.2, 0) is 4.79 Å². The number of benzene rings is 2. The minimum absolute atomic E-state index is 0.353. The standard InChI is InChI=1S/C24H28N6O2/c1-16(23(25)31)26-24(32)19-5-3-4-18(14-19)22-15-21(27-28-22)17-6-8-20(9-7-17)30-12-10-29(2)11-13-30/h3-9,14-16H,10-13H2,1-2H3,(H2,25,31)(H,26,32)(H,27,28). The summed E-state index contributed by atoms with van der Waals surface area (Å²) in [6, 6.07) is 16.8. The van der Waals surface area contributed by atoms with Gasteiger partial charge in [-0.1, -0.05) is 24.3 Å². The van der Waals surface area contributed by atoms with Crippen molar-refractivity contribution in [3.8, 4) is 22.5 Å². The zero-order chi connectivity index (χ0) is 22.7. The van der Waals surface area contributed by atoms with E-state index < -0.39 is 11.9 Å². The third kappa shape index (κ3) is 4.81. The summed E-state index contributed by atoms with van der Waals surface area (Å²) in [7, 11) is 2.15. The van der Waals surface area contributed by atoms with Crippen LogP contribution < -0.4 is 16.0 Å². The van der Waals surface area contributed by atoms with Gasteiger partial charge in [0, 0.05) is 43.0 Å². The van der Waals surface area contributed by atoms with Gasteiger partial charge < -0.3 is 20.9 Å². The first-order valence-corrected chi connectivity index (χ1v) is 10.7. The first-order chi connectivity index (χ1) is 15.4. The van der Waals surface area contributed by atoms with E-state index in [2.05, 4.69) is 56.6 Å². The minimum Gasteiger partial charge on any atom is -0.369 e. The minimum atomic E-state index is -0.739. The van der Waals surface area contributed by atoms with Crippen LogP contribution in [0.1, 0.15) is 17.3 Å². The number of carbonyl (C=O) groups excluding carboxylic acids is 2. The molecule has 1 aliphatic heterocycles. The monoisotopic (exact) mass is 432 g/mol. The second-order valence-corrected chi connectivity index (χ2v) is 8.18. The number of nitrogens with zero attached hydrogens (tertiary/aromatic N) is 3. The van der Waals surface area contributed by atoms with Gasteiger partial charge in [-0.2, -0.15) is 5.10 Å².